The van der Waals surface area contributed by atoms with Crippen molar-refractivity contribution in [3.05, 3.63) is 33.8 Å². The summed E-state index contributed by atoms with van der Waals surface area (Å²) in [5.74, 6) is 0.592. The highest BCUT2D eigenvalue weighted by Gasteiger charge is 2.25. The molecule has 0 N–H and O–H groups in total. The standard InChI is InChI=1S/C13H16Cl3N/c1-9-5-6-17(8-13(9)16)7-10-11(14)3-2-4-12(10)15/h2-4,9,13H,5-8H2,1H3. The van der Waals surface area contributed by atoms with Crippen LogP contribution in [0.25, 0.3) is 0 Å². The number of nitrogens with zero attached hydrogens (tertiary/aromatic N) is 1. The second-order valence-electron chi connectivity index (χ2n) is 4.72. The number of alkyl halides is 1. The van der Waals surface area contributed by atoms with E-state index in [1.165, 1.54) is 0 Å². The summed E-state index contributed by atoms with van der Waals surface area (Å²) in [7, 11) is 0. The Hall–Kier alpha value is 0.0500. The fourth-order valence-corrected chi connectivity index (χ4v) is 2.97. The van der Waals surface area contributed by atoms with E-state index >= 15 is 0 Å². The zero-order valence-electron chi connectivity index (χ0n) is 9.80. The molecule has 0 radical (unpaired) electrons. The van der Waals surface area contributed by atoms with Gasteiger partial charge in [0.25, 0.3) is 0 Å². The fraction of sp³-hybridized carbons (Fsp3) is 0.538. The average Bonchev–Trinajstić information content (AvgIpc) is 2.28. The van der Waals surface area contributed by atoms with E-state index in [-0.39, 0.29) is 5.38 Å². The van der Waals surface area contributed by atoms with Gasteiger partial charge in [-0.1, -0.05) is 36.2 Å². The van der Waals surface area contributed by atoms with Crippen molar-refractivity contribution < 1.29 is 0 Å². The molecular weight excluding hydrogens is 277 g/mol. The molecule has 0 amide bonds. The van der Waals surface area contributed by atoms with Crippen LogP contribution in [0.2, 0.25) is 10.0 Å². The van der Waals surface area contributed by atoms with Crippen LogP contribution in [0.3, 0.4) is 0 Å². The second kappa shape index (κ2) is 5.79. The number of hydrogen-bond donors (Lipinski definition) is 0. The van der Waals surface area contributed by atoms with E-state index in [1.54, 1.807) is 0 Å². The Morgan fingerprint density at radius 1 is 1.29 bits per heavy atom. The molecule has 0 bridgehead atoms. The van der Waals surface area contributed by atoms with Crippen molar-refractivity contribution in [3.63, 3.8) is 0 Å². The van der Waals surface area contributed by atoms with Crippen molar-refractivity contribution in [3.8, 4) is 0 Å². The van der Waals surface area contributed by atoms with Crippen LogP contribution in [-0.4, -0.2) is 23.4 Å². The van der Waals surface area contributed by atoms with Crippen LogP contribution in [0.5, 0.6) is 0 Å². The van der Waals surface area contributed by atoms with Gasteiger partial charge in [-0.3, -0.25) is 4.90 Å². The Bertz CT molecular complexity index is 374. The lowest BCUT2D eigenvalue weighted by molar-refractivity contribution is 0.189. The molecule has 0 spiro atoms. The monoisotopic (exact) mass is 291 g/mol. The first-order valence-corrected chi connectivity index (χ1v) is 7.06. The third-order valence-corrected chi connectivity index (χ3v) is 4.67. The average molecular weight is 293 g/mol. The zero-order valence-corrected chi connectivity index (χ0v) is 12.1. The summed E-state index contributed by atoms with van der Waals surface area (Å²) in [6.45, 7) is 4.96. The van der Waals surface area contributed by atoms with Crippen LogP contribution in [0.4, 0.5) is 0 Å². The summed E-state index contributed by atoms with van der Waals surface area (Å²) < 4.78 is 0. The molecule has 1 heterocycles. The Kier molecular flexibility index (Phi) is 4.59. The molecule has 2 rings (SSSR count). The van der Waals surface area contributed by atoms with E-state index in [4.69, 9.17) is 34.8 Å². The van der Waals surface area contributed by atoms with Gasteiger partial charge in [0.05, 0.1) is 0 Å². The van der Waals surface area contributed by atoms with Crippen LogP contribution in [0.1, 0.15) is 18.9 Å². The zero-order chi connectivity index (χ0) is 12.4. The molecule has 1 aromatic rings. The van der Waals surface area contributed by atoms with Gasteiger partial charge >= 0.3 is 0 Å². The van der Waals surface area contributed by atoms with E-state index in [0.717, 1.165) is 41.7 Å². The first kappa shape index (κ1) is 13.5. The van der Waals surface area contributed by atoms with Gasteiger partial charge in [0.2, 0.25) is 0 Å². The van der Waals surface area contributed by atoms with Crippen molar-refractivity contribution in [2.75, 3.05) is 13.1 Å². The van der Waals surface area contributed by atoms with Crippen LogP contribution < -0.4 is 0 Å². The van der Waals surface area contributed by atoms with Gasteiger partial charge in [-0.2, -0.15) is 0 Å². The van der Waals surface area contributed by atoms with E-state index in [9.17, 15) is 0 Å². The predicted molar refractivity (Wildman–Crippen MR) is 75.2 cm³/mol. The SMILES string of the molecule is CC1CCN(Cc2c(Cl)cccc2Cl)CC1Cl. The fourth-order valence-electron chi connectivity index (χ4n) is 2.14. The summed E-state index contributed by atoms with van der Waals surface area (Å²) in [4.78, 5) is 2.32. The largest absolute Gasteiger partial charge is 0.297 e. The lowest BCUT2D eigenvalue weighted by Crippen LogP contribution is -2.39. The van der Waals surface area contributed by atoms with E-state index in [1.807, 2.05) is 18.2 Å². The van der Waals surface area contributed by atoms with Gasteiger partial charge in [0.1, 0.15) is 0 Å². The number of benzene rings is 1. The smallest absolute Gasteiger partial charge is 0.0489 e. The van der Waals surface area contributed by atoms with Gasteiger partial charge in [0.15, 0.2) is 0 Å². The Labute approximate surface area is 118 Å². The highest BCUT2D eigenvalue weighted by molar-refractivity contribution is 6.35. The normalized spacial score (nSPS) is 26.1. The third-order valence-electron chi connectivity index (χ3n) is 3.39. The van der Waals surface area contributed by atoms with Gasteiger partial charge in [0, 0.05) is 34.1 Å². The number of piperidine rings is 1. The van der Waals surface area contributed by atoms with Gasteiger partial charge in [-0.25, -0.2) is 0 Å². The van der Waals surface area contributed by atoms with Gasteiger partial charge < -0.3 is 0 Å². The molecule has 2 atom stereocenters. The molecule has 0 saturated carbocycles. The Morgan fingerprint density at radius 3 is 2.53 bits per heavy atom. The first-order chi connectivity index (χ1) is 8.08. The maximum absolute atomic E-state index is 6.30. The highest BCUT2D eigenvalue weighted by atomic mass is 35.5. The minimum absolute atomic E-state index is 0.227. The van der Waals surface area contributed by atoms with Crippen LogP contribution in [0, 0.1) is 5.92 Å². The van der Waals surface area contributed by atoms with Crippen LogP contribution in [-0.2, 0) is 6.54 Å². The summed E-state index contributed by atoms with van der Waals surface area (Å²) in [5.41, 5.74) is 1.01. The predicted octanol–water partition coefficient (Wildman–Crippen LogP) is 4.44. The molecule has 1 nitrogen and oxygen atoms in total. The van der Waals surface area contributed by atoms with E-state index < -0.39 is 0 Å². The lowest BCUT2D eigenvalue weighted by Gasteiger charge is -2.34. The number of rotatable bonds is 2. The van der Waals surface area contributed by atoms with E-state index in [0.29, 0.717) is 5.92 Å². The first-order valence-electron chi connectivity index (χ1n) is 5.87. The molecule has 1 saturated heterocycles. The molecule has 4 heteroatoms. The molecule has 2 unspecified atom stereocenters. The summed E-state index contributed by atoms with van der Waals surface area (Å²) >= 11 is 18.6. The summed E-state index contributed by atoms with van der Waals surface area (Å²) in [5, 5.41) is 1.70. The maximum atomic E-state index is 6.30. The van der Waals surface area contributed by atoms with Crippen LogP contribution in [0.15, 0.2) is 18.2 Å². The van der Waals surface area contributed by atoms with Gasteiger partial charge in [-0.15, -0.1) is 11.6 Å². The highest BCUT2D eigenvalue weighted by Crippen LogP contribution is 2.28. The lowest BCUT2D eigenvalue weighted by atomic mass is 9.98. The molecule has 0 aromatic heterocycles. The second-order valence-corrected chi connectivity index (χ2v) is 6.09. The number of likely N-dealkylation sites (tertiary alicyclic amines) is 1. The molecule has 1 aliphatic rings. The Balaban J connectivity index is 2.06. The van der Waals surface area contributed by atoms with Crippen molar-refractivity contribution >= 4 is 34.8 Å². The number of hydrogen-bond acceptors (Lipinski definition) is 1. The third kappa shape index (κ3) is 3.29. The molecule has 94 valence electrons. The molecule has 1 aliphatic heterocycles. The summed E-state index contributed by atoms with van der Waals surface area (Å²) in [6.07, 6.45) is 1.14. The number of halogens is 3. The van der Waals surface area contributed by atoms with Crippen molar-refractivity contribution in [2.24, 2.45) is 5.92 Å². The topological polar surface area (TPSA) is 3.24 Å². The quantitative estimate of drug-likeness (QED) is 0.728. The van der Waals surface area contributed by atoms with Crippen LogP contribution >= 0.6 is 34.8 Å². The minimum Gasteiger partial charge on any atom is -0.297 e. The molecule has 1 fully saturated rings. The summed E-state index contributed by atoms with van der Waals surface area (Å²) in [6, 6.07) is 5.64. The van der Waals surface area contributed by atoms with Crippen molar-refractivity contribution in [1.29, 1.82) is 0 Å². The minimum atomic E-state index is 0.227. The molecular formula is C13H16Cl3N. The van der Waals surface area contributed by atoms with E-state index in [2.05, 4.69) is 11.8 Å². The molecule has 1 aromatic carbocycles. The Morgan fingerprint density at radius 2 is 1.94 bits per heavy atom. The molecule has 0 aliphatic carbocycles. The van der Waals surface area contributed by atoms with Gasteiger partial charge in [-0.05, 0) is 31.0 Å². The van der Waals surface area contributed by atoms with Crippen molar-refractivity contribution in [2.45, 2.75) is 25.3 Å². The maximum Gasteiger partial charge on any atom is 0.0489 e. The van der Waals surface area contributed by atoms with Crippen molar-refractivity contribution in [1.82, 2.24) is 4.90 Å². The molecule has 17 heavy (non-hydrogen) atoms.